The molecule has 1 rings (SSSR count). The topological polar surface area (TPSA) is 55.5 Å². The Morgan fingerprint density at radius 3 is 2.38 bits per heavy atom. The number of aliphatic hydroxyl groups is 1. The highest BCUT2D eigenvalue weighted by Crippen LogP contribution is 2.17. The summed E-state index contributed by atoms with van der Waals surface area (Å²) in [6.45, 7) is 0.547. The highest BCUT2D eigenvalue weighted by atomic mass is 16.5. The Balaban J connectivity index is 2.78. The van der Waals surface area contributed by atoms with Crippen LogP contribution in [-0.4, -0.2) is 25.4 Å². The third kappa shape index (κ3) is 2.44. The van der Waals surface area contributed by atoms with Crippen molar-refractivity contribution in [1.82, 2.24) is 0 Å². The zero-order valence-corrected chi connectivity index (χ0v) is 7.73. The highest BCUT2D eigenvalue weighted by molar-refractivity contribution is 5.29. The Hall–Kier alpha value is -1.06. The van der Waals surface area contributed by atoms with Gasteiger partial charge in [0.25, 0.3) is 0 Å². The van der Waals surface area contributed by atoms with Crippen molar-refractivity contribution in [2.75, 3.05) is 20.3 Å². The average Bonchev–Trinajstić information content (AvgIpc) is 2.21. The van der Waals surface area contributed by atoms with E-state index in [0.29, 0.717) is 6.54 Å². The predicted molar refractivity (Wildman–Crippen MR) is 51.9 cm³/mol. The molecule has 0 aromatic heterocycles. The van der Waals surface area contributed by atoms with Gasteiger partial charge in [0.05, 0.1) is 13.7 Å². The standard InChI is InChI=1S/C10H15NO2/c1-13-10-4-2-8(3-5-10)9(6-11)7-12/h2-5,9,12H,6-7,11H2,1H3/t9-/m1/s1. The normalized spacial score (nSPS) is 12.5. The van der Waals surface area contributed by atoms with Gasteiger partial charge in [-0.15, -0.1) is 0 Å². The molecule has 0 bridgehead atoms. The quantitative estimate of drug-likeness (QED) is 0.720. The summed E-state index contributed by atoms with van der Waals surface area (Å²) in [5.74, 6) is 0.850. The van der Waals surface area contributed by atoms with Gasteiger partial charge in [-0.1, -0.05) is 12.1 Å². The smallest absolute Gasteiger partial charge is 0.118 e. The van der Waals surface area contributed by atoms with Crippen LogP contribution in [0.1, 0.15) is 11.5 Å². The number of aliphatic hydroxyl groups excluding tert-OH is 1. The number of methoxy groups -OCH3 is 1. The van der Waals surface area contributed by atoms with E-state index < -0.39 is 0 Å². The first-order chi connectivity index (χ1) is 6.31. The molecule has 0 unspecified atom stereocenters. The molecule has 3 heteroatoms. The Morgan fingerprint density at radius 1 is 1.38 bits per heavy atom. The summed E-state index contributed by atoms with van der Waals surface area (Å²) in [7, 11) is 1.63. The van der Waals surface area contributed by atoms with Crippen LogP contribution in [-0.2, 0) is 0 Å². The summed E-state index contributed by atoms with van der Waals surface area (Å²) in [6.07, 6.45) is 0. The van der Waals surface area contributed by atoms with Gasteiger partial charge in [-0.05, 0) is 17.7 Å². The molecular weight excluding hydrogens is 166 g/mol. The van der Waals surface area contributed by atoms with Crippen molar-refractivity contribution in [3.05, 3.63) is 29.8 Å². The van der Waals surface area contributed by atoms with Gasteiger partial charge < -0.3 is 15.6 Å². The van der Waals surface area contributed by atoms with Gasteiger partial charge in [-0.3, -0.25) is 0 Å². The third-order valence-corrected chi connectivity index (χ3v) is 2.09. The maximum atomic E-state index is 8.99. The summed E-state index contributed by atoms with van der Waals surface area (Å²) in [6, 6.07) is 7.58. The molecule has 0 radical (unpaired) electrons. The first-order valence-electron chi connectivity index (χ1n) is 4.26. The van der Waals surface area contributed by atoms with Crippen LogP contribution in [0.2, 0.25) is 0 Å². The minimum Gasteiger partial charge on any atom is -0.497 e. The minimum absolute atomic E-state index is 0.0332. The van der Waals surface area contributed by atoms with Gasteiger partial charge in [0.1, 0.15) is 5.75 Å². The molecule has 0 aliphatic carbocycles. The molecule has 1 aromatic carbocycles. The number of rotatable bonds is 4. The number of benzene rings is 1. The number of hydrogen-bond donors (Lipinski definition) is 2. The number of nitrogens with two attached hydrogens (primary N) is 1. The largest absolute Gasteiger partial charge is 0.497 e. The Kier molecular flexibility index (Phi) is 3.73. The van der Waals surface area contributed by atoms with Gasteiger partial charge >= 0.3 is 0 Å². The molecule has 0 amide bonds. The lowest BCUT2D eigenvalue weighted by Crippen LogP contribution is -2.15. The van der Waals surface area contributed by atoms with E-state index in [9.17, 15) is 0 Å². The molecule has 0 aliphatic rings. The fraction of sp³-hybridized carbons (Fsp3) is 0.400. The van der Waals surface area contributed by atoms with E-state index in [-0.39, 0.29) is 12.5 Å². The average molecular weight is 181 g/mol. The summed E-state index contributed by atoms with van der Waals surface area (Å²) in [4.78, 5) is 0. The van der Waals surface area contributed by atoms with E-state index in [1.165, 1.54) is 0 Å². The molecule has 1 aromatic rings. The molecule has 0 saturated carbocycles. The van der Waals surface area contributed by atoms with E-state index in [1.807, 2.05) is 24.3 Å². The molecule has 0 spiro atoms. The number of hydrogen-bond acceptors (Lipinski definition) is 3. The van der Waals surface area contributed by atoms with Crippen LogP contribution in [0, 0.1) is 0 Å². The Labute approximate surface area is 78.1 Å². The minimum atomic E-state index is 0.0332. The summed E-state index contributed by atoms with van der Waals surface area (Å²) in [5.41, 5.74) is 6.54. The van der Waals surface area contributed by atoms with Crippen LogP contribution in [0.15, 0.2) is 24.3 Å². The van der Waals surface area contributed by atoms with Crippen LogP contribution in [0.5, 0.6) is 5.75 Å². The second-order valence-corrected chi connectivity index (χ2v) is 2.89. The number of ether oxygens (including phenoxy) is 1. The molecule has 13 heavy (non-hydrogen) atoms. The molecule has 1 atom stereocenters. The van der Waals surface area contributed by atoms with Gasteiger partial charge in [-0.25, -0.2) is 0 Å². The zero-order valence-electron chi connectivity index (χ0n) is 7.73. The zero-order chi connectivity index (χ0) is 9.68. The van der Waals surface area contributed by atoms with Crippen molar-refractivity contribution >= 4 is 0 Å². The van der Waals surface area contributed by atoms with E-state index in [4.69, 9.17) is 15.6 Å². The highest BCUT2D eigenvalue weighted by Gasteiger charge is 2.07. The van der Waals surface area contributed by atoms with E-state index in [1.54, 1.807) is 7.11 Å². The Morgan fingerprint density at radius 2 is 2.00 bits per heavy atom. The van der Waals surface area contributed by atoms with Crippen molar-refractivity contribution in [3.63, 3.8) is 0 Å². The molecule has 0 heterocycles. The van der Waals surface area contributed by atoms with Gasteiger partial charge in [-0.2, -0.15) is 0 Å². The lowest BCUT2D eigenvalue weighted by atomic mass is 10.0. The van der Waals surface area contributed by atoms with Crippen LogP contribution < -0.4 is 10.5 Å². The van der Waals surface area contributed by atoms with Crippen LogP contribution >= 0.6 is 0 Å². The Bertz CT molecular complexity index is 242. The van der Waals surface area contributed by atoms with Gasteiger partial charge in [0.15, 0.2) is 0 Å². The molecule has 0 saturated heterocycles. The molecule has 3 N–H and O–H groups in total. The lowest BCUT2D eigenvalue weighted by molar-refractivity contribution is 0.267. The van der Waals surface area contributed by atoms with E-state index >= 15 is 0 Å². The maximum Gasteiger partial charge on any atom is 0.118 e. The summed E-state index contributed by atoms with van der Waals surface area (Å²) < 4.78 is 5.02. The fourth-order valence-corrected chi connectivity index (χ4v) is 1.19. The van der Waals surface area contributed by atoms with Crippen LogP contribution in [0.3, 0.4) is 0 Å². The second-order valence-electron chi connectivity index (χ2n) is 2.89. The first kappa shape index (κ1) is 10.0. The van der Waals surface area contributed by atoms with Crippen molar-refractivity contribution in [2.45, 2.75) is 5.92 Å². The van der Waals surface area contributed by atoms with Gasteiger partial charge in [0.2, 0.25) is 0 Å². The SMILES string of the molecule is COc1ccc([C@H](CN)CO)cc1. The van der Waals surface area contributed by atoms with Crippen LogP contribution in [0.25, 0.3) is 0 Å². The molecule has 0 fully saturated rings. The van der Waals surface area contributed by atoms with Crippen molar-refractivity contribution < 1.29 is 9.84 Å². The summed E-state index contributed by atoms with van der Waals surface area (Å²) in [5, 5.41) is 8.99. The lowest BCUT2D eigenvalue weighted by Gasteiger charge is -2.11. The molecule has 3 nitrogen and oxygen atoms in total. The molecule has 72 valence electrons. The first-order valence-corrected chi connectivity index (χ1v) is 4.26. The van der Waals surface area contributed by atoms with Crippen LogP contribution in [0.4, 0.5) is 0 Å². The third-order valence-electron chi connectivity index (χ3n) is 2.09. The predicted octanol–water partition coefficient (Wildman–Crippen LogP) is 0.730. The molecular formula is C10H15NO2. The van der Waals surface area contributed by atoms with E-state index in [2.05, 4.69) is 0 Å². The van der Waals surface area contributed by atoms with Crippen molar-refractivity contribution in [3.8, 4) is 5.75 Å². The summed E-state index contributed by atoms with van der Waals surface area (Å²) >= 11 is 0. The molecule has 0 aliphatic heterocycles. The van der Waals surface area contributed by atoms with E-state index in [0.717, 1.165) is 11.3 Å². The van der Waals surface area contributed by atoms with Gasteiger partial charge in [0, 0.05) is 12.5 Å². The second kappa shape index (κ2) is 4.84. The van der Waals surface area contributed by atoms with Crippen molar-refractivity contribution in [1.29, 1.82) is 0 Å². The van der Waals surface area contributed by atoms with Crippen molar-refractivity contribution in [2.24, 2.45) is 5.73 Å². The maximum absolute atomic E-state index is 8.99. The monoisotopic (exact) mass is 181 g/mol. The fourth-order valence-electron chi connectivity index (χ4n) is 1.19.